The zero-order valence-electron chi connectivity index (χ0n) is 9.78. The lowest BCUT2D eigenvalue weighted by molar-refractivity contribution is 0.317. The number of halogens is 1. The molecule has 17 heavy (non-hydrogen) atoms. The molecule has 0 fully saturated rings. The van der Waals surface area contributed by atoms with Gasteiger partial charge in [-0.25, -0.2) is 0 Å². The summed E-state index contributed by atoms with van der Waals surface area (Å²) in [7, 11) is 0. The third kappa shape index (κ3) is 3.24. The first kappa shape index (κ1) is 12.5. The SMILES string of the molecule is Cc1cccc(CCl)c1OCCc1ccsc1. The van der Waals surface area contributed by atoms with E-state index in [9.17, 15) is 0 Å². The summed E-state index contributed by atoms with van der Waals surface area (Å²) in [5, 5.41) is 4.25. The first-order chi connectivity index (χ1) is 8.31. The van der Waals surface area contributed by atoms with Gasteiger partial charge in [0.25, 0.3) is 0 Å². The molecule has 0 radical (unpaired) electrons. The van der Waals surface area contributed by atoms with E-state index in [0.29, 0.717) is 12.5 Å². The predicted octanol–water partition coefficient (Wildman–Crippen LogP) is 4.42. The van der Waals surface area contributed by atoms with Crippen molar-refractivity contribution in [2.24, 2.45) is 0 Å². The maximum Gasteiger partial charge on any atom is 0.126 e. The Bertz CT molecular complexity index is 465. The van der Waals surface area contributed by atoms with Crippen LogP contribution < -0.4 is 4.74 Å². The Morgan fingerprint density at radius 1 is 1.29 bits per heavy atom. The molecular formula is C14H15ClOS. The lowest BCUT2D eigenvalue weighted by Gasteiger charge is -2.12. The molecule has 0 unspecified atom stereocenters. The van der Waals surface area contributed by atoms with Gasteiger partial charge in [0.2, 0.25) is 0 Å². The van der Waals surface area contributed by atoms with Crippen LogP contribution in [0.3, 0.4) is 0 Å². The van der Waals surface area contributed by atoms with Crippen molar-refractivity contribution in [3.8, 4) is 5.75 Å². The highest BCUT2D eigenvalue weighted by Crippen LogP contribution is 2.25. The van der Waals surface area contributed by atoms with E-state index >= 15 is 0 Å². The smallest absolute Gasteiger partial charge is 0.126 e. The average molecular weight is 267 g/mol. The van der Waals surface area contributed by atoms with E-state index in [2.05, 4.69) is 29.8 Å². The molecule has 0 aliphatic carbocycles. The largest absolute Gasteiger partial charge is 0.493 e. The highest BCUT2D eigenvalue weighted by atomic mass is 35.5. The molecule has 0 saturated carbocycles. The molecule has 90 valence electrons. The third-order valence-corrected chi connectivity index (χ3v) is 3.67. The number of thiophene rings is 1. The number of alkyl halides is 1. The Labute approximate surface area is 111 Å². The summed E-state index contributed by atoms with van der Waals surface area (Å²) in [6.07, 6.45) is 0.944. The van der Waals surface area contributed by atoms with Crippen molar-refractivity contribution in [1.29, 1.82) is 0 Å². The van der Waals surface area contributed by atoms with Crippen LogP contribution in [0.5, 0.6) is 5.75 Å². The van der Waals surface area contributed by atoms with E-state index in [1.54, 1.807) is 11.3 Å². The van der Waals surface area contributed by atoms with E-state index in [1.807, 2.05) is 12.1 Å². The van der Waals surface area contributed by atoms with Gasteiger partial charge in [-0.1, -0.05) is 18.2 Å². The van der Waals surface area contributed by atoms with Gasteiger partial charge >= 0.3 is 0 Å². The van der Waals surface area contributed by atoms with Gasteiger partial charge in [-0.15, -0.1) is 11.6 Å². The molecule has 1 nitrogen and oxygen atoms in total. The second kappa shape index (κ2) is 6.08. The molecule has 0 aliphatic heterocycles. The number of para-hydroxylation sites is 1. The van der Waals surface area contributed by atoms with Crippen molar-refractivity contribution in [2.75, 3.05) is 6.61 Å². The highest BCUT2D eigenvalue weighted by Gasteiger charge is 2.05. The highest BCUT2D eigenvalue weighted by molar-refractivity contribution is 7.07. The topological polar surface area (TPSA) is 9.23 Å². The predicted molar refractivity (Wildman–Crippen MR) is 74.3 cm³/mol. The molecule has 3 heteroatoms. The third-order valence-electron chi connectivity index (χ3n) is 2.65. The Morgan fingerprint density at radius 3 is 2.88 bits per heavy atom. The zero-order chi connectivity index (χ0) is 12.1. The molecule has 0 aliphatic rings. The number of aryl methyl sites for hydroxylation is 1. The van der Waals surface area contributed by atoms with Crippen molar-refractivity contribution in [3.05, 3.63) is 51.7 Å². The van der Waals surface area contributed by atoms with Gasteiger partial charge in [0.15, 0.2) is 0 Å². The van der Waals surface area contributed by atoms with E-state index in [1.165, 1.54) is 5.56 Å². The summed E-state index contributed by atoms with van der Waals surface area (Å²) in [6, 6.07) is 8.21. The molecule has 0 N–H and O–H groups in total. The van der Waals surface area contributed by atoms with Gasteiger partial charge < -0.3 is 4.74 Å². The molecule has 0 amide bonds. The van der Waals surface area contributed by atoms with Crippen molar-refractivity contribution in [2.45, 2.75) is 19.2 Å². The summed E-state index contributed by atoms with van der Waals surface area (Å²) in [6.45, 7) is 2.75. The van der Waals surface area contributed by atoms with Crippen LogP contribution in [0.4, 0.5) is 0 Å². The Kier molecular flexibility index (Phi) is 4.46. The second-order valence-electron chi connectivity index (χ2n) is 3.93. The monoisotopic (exact) mass is 266 g/mol. The zero-order valence-corrected chi connectivity index (χ0v) is 11.4. The average Bonchev–Trinajstić information content (AvgIpc) is 2.84. The summed E-state index contributed by atoms with van der Waals surface area (Å²) in [5.41, 5.74) is 3.54. The van der Waals surface area contributed by atoms with E-state index in [0.717, 1.165) is 23.3 Å². The van der Waals surface area contributed by atoms with Gasteiger partial charge in [-0.3, -0.25) is 0 Å². The quantitative estimate of drug-likeness (QED) is 0.728. The number of ether oxygens (including phenoxy) is 1. The molecule has 0 bridgehead atoms. The molecule has 1 heterocycles. The minimum Gasteiger partial charge on any atom is -0.493 e. The molecule has 2 rings (SSSR count). The Hall–Kier alpha value is -0.990. The lowest BCUT2D eigenvalue weighted by atomic mass is 10.1. The molecule has 2 aromatic rings. The summed E-state index contributed by atoms with van der Waals surface area (Å²) >= 11 is 7.62. The molecule has 1 aromatic carbocycles. The second-order valence-corrected chi connectivity index (χ2v) is 4.97. The molecule has 0 saturated heterocycles. The first-order valence-corrected chi connectivity index (χ1v) is 7.07. The van der Waals surface area contributed by atoms with Gasteiger partial charge in [0, 0.05) is 12.0 Å². The van der Waals surface area contributed by atoms with Crippen LogP contribution in [0.2, 0.25) is 0 Å². The maximum absolute atomic E-state index is 5.90. The van der Waals surface area contributed by atoms with Crippen LogP contribution in [0.15, 0.2) is 35.0 Å². The van der Waals surface area contributed by atoms with Gasteiger partial charge in [0.1, 0.15) is 5.75 Å². The fraction of sp³-hybridized carbons (Fsp3) is 0.286. The van der Waals surface area contributed by atoms with Gasteiger partial charge in [0.05, 0.1) is 12.5 Å². The van der Waals surface area contributed by atoms with Crippen LogP contribution in [0, 0.1) is 6.92 Å². The minimum atomic E-state index is 0.496. The van der Waals surface area contributed by atoms with Crippen LogP contribution >= 0.6 is 22.9 Å². The fourth-order valence-electron chi connectivity index (χ4n) is 1.73. The Morgan fingerprint density at radius 2 is 2.18 bits per heavy atom. The molecular weight excluding hydrogens is 252 g/mol. The number of benzene rings is 1. The van der Waals surface area contributed by atoms with Crippen molar-refractivity contribution < 1.29 is 4.74 Å². The molecule has 0 spiro atoms. The minimum absolute atomic E-state index is 0.496. The summed E-state index contributed by atoms with van der Waals surface area (Å²) < 4.78 is 5.85. The van der Waals surface area contributed by atoms with Crippen LogP contribution in [-0.4, -0.2) is 6.61 Å². The Balaban J connectivity index is 1.98. The number of hydrogen-bond acceptors (Lipinski definition) is 2. The van der Waals surface area contributed by atoms with Crippen LogP contribution in [-0.2, 0) is 12.3 Å². The van der Waals surface area contributed by atoms with E-state index < -0.39 is 0 Å². The standard InChI is InChI=1S/C14H15ClOS/c1-11-3-2-4-13(9-15)14(11)16-7-5-12-6-8-17-10-12/h2-4,6,8,10H,5,7,9H2,1H3. The van der Waals surface area contributed by atoms with Crippen LogP contribution in [0.25, 0.3) is 0 Å². The fourth-order valence-corrected chi connectivity index (χ4v) is 2.64. The van der Waals surface area contributed by atoms with Crippen LogP contribution in [0.1, 0.15) is 16.7 Å². The number of hydrogen-bond donors (Lipinski definition) is 0. The molecule has 1 aromatic heterocycles. The summed E-state index contributed by atoms with van der Waals surface area (Å²) in [4.78, 5) is 0. The molecule has 0 atom stereocenters. The van der Waals surface area contributed by atoms with Gasteiger partial charge in [-0.05, 0) is 34.9 Å². The van der Waals surface area contributed by atoms with E-state index in [-0.39, 0.29) is 0 Å². The number of rotatable bonds is 5. The van der Waals surface area contributed by atoms with E-state index in [4.69, 9.17) is 16.3 Å². The van der Waals surface area contributed by atoms with Crippen molar-refractivity contribution >= 4 is 22.9 Å². The normalized spacial score (nSPS) is 10.5. The van der Waals surface area contributed by atoms with Crippen molar-refractivity contribution in [1.82, 2.24) is 0 Å². The summed E-state index contributed by atoms with van der Waals surface area (Å²) in [5.74, 6) is 1.44. The maximum atomic E-state index is 5.90. The van der Waals surface area contributed by atoms with Crippen molar-refractivity contribution in [3.63, 3.8) is 0 Å². The lowest BCUT2D eigenvalue weighted by Crippen LogP contribution is -2.03. The first-order valence-electron chi connectivity index (χ1n) is 5.59. The van der Waals surface area contributed by atoms with Gasteiger partial charge in [-0.2, -0.15) is 11.3 Å².